The van der Waals surface area contributed by atoms with Gasteiger partial charge < -0.3 is 10.2 Å². The fourth-order valence-corrected chi connectivity index (χ4v) is 5.13. The molecule has 7 heteroatoms. The first kappa shape index (κ1) is 20.5. The molecule has 1 aliphatic heterocycles. The van der Waals surface area contributed by atoms with E-state index in [1.807, 2.05) is 0 Å². The second-order valence-electron chi connectivity index (χ2n) is 8.81. The molecular weight excluding hydrogens is 338 g/mol. The van der Waals surface area contributed by atoms with E-state index in [9.17, 15) is 13.2 Å². The van der Waals surface area contributed by atoms with E-state index in [2.05, 4.69) is 19.2 Å². The highest BCUT2D eigenvalue weighted by atomic mass is 32.2. The number of amides is 2. The number of urea groups is 1. The van der Waals surface area contributed by atoms with Crippen molar-refractivity contribution in [2.24, 2.45) is 11.8 Å². The highest BCUT2D eigenvalue weighted by Crippen LogP contribution is 2.30. The van der Waals surface area contributed by atoms with Crippen LogP contribution in [0.2, 0.25) is 0 Å². The molecule has 6 nitrogen and oxygen atoms in total. The van der Waals surface area contributed by atoms with Crippen LogP contribution in [0.15, 0.2) is 0 Å². The largest absolute Gasteiger partial charge is 0.335 e. The molecule has 0 aromatic rings. The Kier molecular flexibility index (Phi) is 6.41. The van der Waals surface area contributed by atoms with Crippen molar-refractivity contribution in [3.8, 4) is 0 Å². The molecule has 146 valence electrons. The van der Waals surface area contributed by atoms with Crippen LogP contribution in [0.25, 0.3) is 0 Å². The highest BCUT2D eigenvalue weighted by Gasteiger charge is 2.37. The van der Waals surface area contributed by atoms with Crippen molar-refractivity contribution in [1.82, 2.24) is 14.5 Å². The number of rotatable bonds is 3. The van der Waals surface area contributed by atoms with E-state index < -0.39 is 14.8 Å². The zero-order chi connectivity index (χ0) is 18.8. The Balaban J connectivity index is 1.80. The zero-order valence-electron chi connectivity index (χ0n) is 16.4. The van der Waals surface area contributed by atoms with E-state index in [-0.39, 0.29) is 12.1 Å². The second-order valence-corrected chi connectivity index (χ2v) is 11.5. The van der Waals surface area contributed by atoms with Gasteiger partial charge in [-0.15, -0.1) is 0 Å². The van der Waals surface area contributed by atoms with E-state index >= 15 is 0 Å². The Morgan fingerprint density at radius 2 is 1.52 bits per heavy atom. The molecule has 2 fully saturated rings. The average Bonchev–Trinajstić information content (AvgIpc) is 2.54. The van der Waals surface area contributed by atoms with Gasteiger partial charge in [0.05, 0.1) is 4.75 Å². The first-order valence-corrected chi connectivity index (χ1v) is 11.0. The molecule has 1 heterocycles. The number of sulfonamides is 1. The lowest BCUT2D eigenvalue weighted by molar-refractivity contribution is 0.161. The number of carbonyl (C=O) groups excluding carboxylic acids is 1. The van der Waals surface area contributed by atoms with Gasteiger partial charge in [-0.2, -0.15) is 4.31 Å². The SMILES string of the molecule is CC(C)[C@H]1CC[C@H](NC(=O)N2CCN(S(=O)(=O)C(C)(C)C)CC2)CC1. The molecule has 0 atom stereocenters. The molecule has 1 saturated carbocycles. The molecule has 0 spiro atoms. The summed E-state index contributed by atoms with van der Waals surface area (Å²) in [6.45, 7) is 11.4. The Bertz CT molecular complexity index is 553. The molecule has 0 bridgehead atoms. The summed E-state index contributed by atoms with van der Waals surface area (Å²) in [6.07, 6.45) is 4.46. The molecule has 0 aromatic heterocycles. The molecule has 1 saturated heterocycles. The summed E-state index contributed by atoms with van der Waals surface area (Å²) in [5.41, 5.74) is 0. The topological polar surface area (TPSA) is 69.7 Å². The van der Waals surface area contributed by atoms with Crippen molar-refractivity contribution in [3.05, 3.63) is 0 Å². The number of nitrogens with zero attached hydrogens (tertiary/aromatic N) is 2. The monoisotopic (exact) mass is 373 g/mol. The van der Waals surface area contributed by atoms with Crippen molar-refractivity contribution >= 4 is 16.1 Å². The van der Waals surface area contributed by atoms with Gasteiger partial charge in [-0.25, -0.2) is 13.2 Å². The van der Waals surface area contributed by atoms with Crippen LogP contribution in [0.4, 0.5) is 4.79 Å². The van der Waals surface area contributed by atoms with E-state index in [1.54, 1.807) is 25.7 Å². The molecule has 0 aromatic carbocycles. The highest BCUT2D eigenvalue weighted by molar-refractivity contribution is 7.90. The fourth-order valence-electron chi connectivity index (χ4n) is 3.71. The average molecular weight is 374 g/mol. The lowest BCUT2D eigenvalue weighted by Crippen LogP contribution is -2.56. The Hall–Kier alpha value is -0.820. The van der Waals surface area contributed by atoms with Crippen molar-refractivity contribution in [1.29, 1.82) is 0 Å². The normalized spacial score (nSPS) is 26.7. The van der Waals surface area contributed by atoms with Crippen molar-refractivity contribution < 1.29 is 13.2 Å². The standard InChI is InChI=1S/C18H35N3O3S/c1-14(2)15-6-8-16(9-7-15)19-17(22)20-10-12-21(13-11-20)25(23,24)18(3,4)5/h14-16H,6-13H2,1-5H3,(H,19,22)/t15-,16-. The predicted molar refractivity (Wildman–Crippen MR) is 101 cm³/mol. The minimum Gasteiger partial charge on any atom is -0.335 e. The number of hydrogen-bond donors (Lipinski definition) is 1. The summed E-state index contributed by atoms with van der Waals surface area (Å²) in [5, 5.41) is 3.15. The molecule has 2 rings (SSSR count). The van der Waals surface area contributed by atoms with Gasteiger partial charge in [0.2, 0.25) is 10.0 Å². The van der Waals surface area contributed by atoms with Crippen molar-refractivity contribution in [2.45, 2.75) is 71.1 Å². The van der Waals surface area contributed by atoms with Crippen LogP contribution >= 0.6 is 0 Å². The minimum atomic E-state index is -3.32. The van der Waals surface area contributed by atoms with Gasteiger partial charge in [0, 0.05) is 32.2 Å². The summed E-state index contributed by atoms with van der Waals surface area (Å²) < 4.78 is 25.7. The quantitative estimate of drug-likeness (QED) is 0.827. The van der Waals surface area contributed by atoms with E-state index in [4.69, 9.17) is 0 Å². The summed E-state index contributed by atoms with van der Waals surface area (Å²) >= 11 is 0. The summed E-state index contributed by atoms with van der Waals surface area (Å²) in [7, 11) is -3.32. The first-order chi connectivity index (χ1) is 11.5. The molecular formula is C18H35N3O3S. The fraction of sp³-hybridized carbons (Fsp3) is 0.944. The predicted octanol–water partition coefficient (Wildman–Crippen LogP) is 2.66. The van der Waals surface area contributed by atoms with Crippen LogP contribution in [-0.4, -0.2) is 60.6 Å². The maximum atomic E-state index is 12.5. The zero-order valence-corrected chi connectivity index (χ0v) is 17.2. The molecule has 25 heavy (non-hydrogen) atoms. The number of carbonyl (C=O) groups is 1. The van der Waals surface area contributed by atoms with Crippen LogP contribution in [0.3, 0.4) is 0 Å². The summed E-state index contributed by atoms with van der Waals surface area (Å²) in [6, 6.07) is 0.222. The van der Waals surface area contributed by atoms with Gasteiger partial charge in [0.25, 0.3) is 0 Å². The van der Waals surface area contributed by atoms with E-state index in [0.29, 0.717) is 26.2 Å². The van der Waals surface area contributed by atoms with Gasteiger partial charge in [0.1, 0.15) is 0 Å². The third-order valence-electron chi connectivity index (χ3n) is 5.68. The molecule has 0 radical (unpaired) electrons. The maximum Gasteiger partial charge on any atom is 0.317 e. The summed E-state index contributed by atoms with van der Waals surface area (Å²) in [4.78, 5) is 14.2. The second kappa shape index (κ2) is 7.82. The lowest BCUT2D eigenvalue weighted by Gasteiger charge is -2.38. The van der Waals surface area contributed by atoms with Crippen LogP contribution in [0.5, 0.6) is 0 Å². The van der Waals surface area contributed by atoms with Crippen molar-refractivity contribution in [3.63, 3.8) is 0 Å². The number of piperazine rings is 1. The third kappa shape index (κ3) is 4.88. The number of nitrogens with one attached hydrogen (secondary N) is 1. The van der Waals surface area contributed by atoms with Crippen LogP contribution in [0, 0.1) is 11.8 Å². The third-order valence-corrected chi connectivity index (χ3v) is 8.27. The Morgan fingerprint density at radius 3 is 1.96 bits per heavy atom. The lowest BCUT2D eigenvalue weighted by atomic mass is 9.80. The molecule has 0 unspecified atom stereocenters. The van der Waals surface area contributed by atoms with E-state index in [1.165, 1.54) is 17.1 Å². The van der Waals surface area contributed by atoms with Gasteiger partial charge in [0.15, 0.2) is 0 Å². The van der Waals surface area contributed by atoms with Crippen LogP contribution < -0.4 is 5.32 Å². The molecule has 2 amide bonds. The van der Waals surface area contributed by atoms with Gasteiger partial charge in [-0.3, -0.25) is 0 Å². The molecule has 2 aliphatic rings. The number of hydrogen-bond acceptors (Lipinski definition) is 3. The van der Waals surface area contributed by atoms with Gasteiger partial charge >= 0.3 is 6.03 Å². The Morgan fingerprint density at radius 1 is 1.00 bits per heavy atom. The van der Waals surface area contributed by atoms with Gasteiger partial charge in [-0.1, -0.05) is 13.8 Å². The molecule has 1 N–H and O–H groups in total. The van der Waals surface area contributed by atoms with E-state index in [0.717, 1.165) is 24.7 Å². The summed E-state index contributed by atoms with van der Waals surface area (Å²) in [5.74, 6) is 1.49. The first-order valence-electron chi connectivity index (χ1n) is 9.57. The smallest absolute Gasteiger partial charge is 0.317 e. The maximum absolute atomic E-state index is 12.5. The van der Waals surface area contributed by atoms with Crippen molar-refractivity contribution in [2.75, 3.05) is 26.2 Å². The van der Waals surface area contributed by atoms with Gasteiger partial charge in [-0.05, 0) is 58.3 Å². The van der Waals surface area contributed by atoms with Crippen LogP contribution in [-0.2, 0) is 10.0 Å². The minimum absolute atomic E-state index is 0.0409. The molecule has 1 aliphatic carbocycles. The Labute approximate surface area is 153 Å². The van der Waals surface area contributed by atoms with Crippen LogP contribution in [0.1, 0.15) is 60.3 Å².